The van der Waals surface area contributed by atoms with E-state index in [1.165, 1.54) is 0 Å². The topological polar surface area (TPSA) is 25.4 Å². The zero-order valence-electron chi connectivity index (χ0n) is 11.1. The first-order valence-electron chi connectivity index (χ1n) is 6.58. The number of benzene rings is 1. The van der Waals surface area contributed by atoms with Crippen LogP contribution in [-0.2, 0) is 0 Å². The summed E-state index contributed by atoms with van der Waals surface area (Å²) in [5.41, 5.74) is 0.918. The van der Waals surface area contributed by atoms with Gasteiger partial charge in [0.1, 0.15) is 11.9 Å². The molecule has 3 nitrogen and oxygen atoms in total. The first-order valence-corrected chi connectivity index (χ1v) is 6.96. The van der Waals surface area contributed by atoms with Crippen LogP contribution in [0.1, 0.15) is 13.8 Å². The van der Waals surface area contributed by atoms with Gasteiger partial charge in [0.2, 0.25) is 0 Å². The van der Waals surface area contributed by atoms with Gasteiger partial charge in [-0.1, -0.05) is 11.6 Å². The van der Waals surface area contributed by atoms with E-state index in [0.29, 0.717) is 11.1 Å². The summed E-state index contributed by atoms with van der Waals surface area (Å²) in [7, 11) is 0. The van der Waals surface area contributed by atoms with Crippen LogP contribution in [-0.4, -0.2) is 35.1 Å². The third-order valence-corrected chi connectivity index (χ3v) is 3.80. The van der Waals surface area contributed by atoms with Crippen molar-refractivity contribution in [2.45, 2.75) is 26.0 Å². The van der Waals surface area contributed by atoms with E-state index in [1.54, 1.807) is 6.20 Å². The van der Waals surface area contributed by atoms with Crippen LogP contribution in [0, 0.1) is 0 Å². The van der Waals surface area contributed by atoms with Crippen molar-refractivity contribution in [2.75, 3.05) is 13.1 Å². The number of rotatable bonds is 3. The molecule has 1 aliphatic heterocycles. The molecule has 1 fully saturated rings. The number of likely N-dealkylation sites (tertiary alicyclic amines) is 1. The lowest BCUT2D eigenvalue weighted by Crippen LogP contribution is -2.56. The Balaban J connectivity index is 1.80. The second-order valence-corrected chi connectivity index (χ2v) is 5.69. The molecule has 0 radical (unpaired) electrons. The lowest BCUT2D eigenvalue weighted by molar-refractivity contribution is 0.000957. The first kappa shape index (κ1) is 12.7. The normalized spacial score (nSPS) is 16.8. The van der Waals surface area contributed by atoms with Crippen molar-refractivity contribution in [1.82, 2.24) is 9.88 Å². The number of fused-ring (bicyclic) bond motifs is 1. The van der Waals surface area contributed by atoms with Gasteiger partial charge in [-0.25, -0.2) is 0 Å². The summed E-state index contributed by atoms with van der Waals surface area (Å²) < 4.78 is 6.06. The Kier molecular flexibility index (Phi) is 3.33. The van der Waals surface area contributed by atoms with Gasteiger partial charge in [0.05, 0.1) is 5.52 Å². The molecule has 100 valence electrons. The predicted molar refractivity (Wildman–Crippen MR) is 77.9 cm³/mol. The molecule has 0 atom stereocenters. The molecule has 1 aromatic heterocycles. The van der Waals surface area contributed by atoms with E-state index < -0.39 is 0 Å². The van der Waals surface area contributed by atoms with E-state index in [0.717, 1.165) is 29.7 Å². The quantitative estimate of drug-likeness (QED) is 0.860. The summed E-state index contributed by atoms with van der Waals surface area (Å²) in [5.74, 6) is 0.876. The molecule has 0 amide bonds. The fraction of sp³-hybridized carbons (Fsp3) is 0.400. The molecule has 0 saturated carbocycles. The first-order chi connectivity index (χ1) is 9.13. The lowest BCUT2D eigenvalue weighted by Gasteiger charge is -2.41. The van der Waals surface area contributed by atoms with Crippen molar-refractivity contribution >= 4 is 22.5 Å². The summed E-state index contributed by atoms with van der Waals surface area (Å²) in [4.78, 5) is 6.72. The van der Waals surface area contributed by atoms with Crippen molar-refractivity contribution in [3.63, 3.8) is 0 Å². The van der Waals surface area contributed by atoms with Crippen LogP contribution in [0.3, 0.4) is 0 Å². The fourth-order valence-electron chi connectivity index (χ4n) is 2.34. The highest BCUT2D eigenvalue weighted by atomic mass is 35.5. The van der Waals surface area contributed by atoms with E-state index in [1.807, 2.05) is 24.3 Å². The monoisotopic (exact) mass is 276 g/mol. The van der Waals surface area contributed by atoms with E-state index in [2.05, 4.69) is 23.7 Å². The zero-order valence-corrected chi connectivity index (χ0v) is 11.9. The highest BCUT2D eigenvalue weighted by Crippen LogP contribution is 2.29. The number of ether oxygens (including phenoxy) is 1. The summed E-state index contributed by atoms with van der Waals surface area (Å²) >= 11 is 6.05. The van der Waals surface area contributed by atoms with Crippen molar-refractivity contribution in [3.8, 4) is 5.75 Å². The average molecular weight is 277 g/mol. The summed E-state index contributed by atoms with van der Waals surface area (Å²) in [5, 5.41) is 1.70. The predicted octanol–water partition coefficient (Wildman–Crippen LogP) is 3.36. The Bertz CT molecular complexity index is 594. The van der Waals surface area contributed by atoms with Crippen LogP contribution < -0.4 is 4.74 Å². The highest BCUT2D eigenvalue weighted by molar-refractivity contribution is 6.31. The third kappa shape index (κ3) is 2.53. The second-order valence-electron chi connectivity index (χ2n) is 5.26. The minimum absolute atomic E-state index is 0.270. The van der Waals surface area contributed by atoms with Gasteiger partial charge in [0.25, 0.3) is 0 Å². The molecule has 0 N–H and O–H groups in total. The summed E-state index contributed by atoms with van der Waals surface area (Å²) in [6, 6.07) is 8.19. The van der Waals surface area contributed by atoms with Gasteiger partial charge in [0, 0.05) is 35.7 Å². The van der Waals surface area contributed by atoms with Gasteiger partial charge in [-0.2, -0.15) is 0 Å². The molecule has 1 aliphatic rings. The molecule has 1 aromatic carbocycles. The molecule has 3 rings (SSSR count). The van der Waals surface area contributed by atoms with Gasteiger partial charge < -0.3 is 4.74 Å². The Hall–Kier alpha value is -1.32. The Morgan fingerprint density at radius 2 is 2.11 bits per heavy atom. The molecule has 0 aliphatic carbocycles. The lowest BCUT2D eigenvalue weighted by atomic mass is 10.1. The van der Waals surface area contributed by atoms with E-state index in [-0.39, 0.29) is 6.10 Å². The molecule has 1 saturated heterocycles. The number of pyridine rings is 1. The number of nitrogens with zero attached hydrogens (tertiary/aromatic N) is 2. The number of halogens is 1. The molecule has 2 aromatic rings. The van der Waals surface area contributed by atoms with Gasteiger partial charge in [-0.3, -0.25) is 9.88 Å². The second kappa shape index (κ2) is 4.99. The van der Waals surface area contributed by atoms with Gasteiger partial charge in [-0.15, -0.1) is 0 Å². The summed E-state index contributed by atoms with van der Waals surface area (Å²) in [6.07, 6.45) is 2.05. The Morgan fingerprint density at radius 3 is 2.84 bits per heavy atom. The maximum Gasteiger partial charge on any atom is 0.130 e. The number of hydrogen-bond acceptors (Lipinski definition) is 3. The Morgan fingerprint density at radius 1 is 1.32 bits per heavy atom. The third-order valence-electron chi connectivity index (χ3n) is 3.56. The Labute approximate surface area is 118 Å². The highest BCUT2D eigenvalue weighted by Gasteiger charge is 2.30. The standard InChI is InChI=1S/C15H17ClN2O/c1-10(2)18-8-12(9-18)19-15-5-6-17-14-4-3-11(16)7-13(14)15/h3-7,10,12H,8-9H2,1-2H3. The van der Waals surface area contributed by atoms with Crippen LogP contribution >= 0.6 is 11.6 Å². The molecule has 0 bridgehead atoms. The molecule has 4 heteroatoms. The van der Waals surface area contributed by atoms with Crippen LogP contribution in [0.15, 0.2) is 30.5 Å². The smallest absolute Gasteiger partial charge is 0.130 e. The van der Waals surface area contributed by atoms with Crippen LogP contribution in [0.25, 0.3) is 10.9 Å². The van der Waals surface area contributed by atoms with Crippen molar-refractivity contribution in [1.29, 1.82) is 0 Å². The largest absolute Gasteiger partial charge is 0.487 e. The van der Waals surface area contributed by atoms with E-state index in [9.17, 15) is 0 Å². The van der Waals surface area contributed by atoms with Crippen LogP contribution in [0.4, 0.5) is 0 Å². The van der Waals surface area contributed by atoms with Gasteiger partial charge in [-0.05, 0) is 38.1 Å². The SMILES string of the molecule is CC(C)N1CC(Oc2ccnc3ccc(Cl)cc23)C1. The van der Waals surface area contributed by atoms with Gasteiger partial charge >= 0.3 is 0 Å². The zero-order chi connectivity index (χ0) is 13.4. The maximum absolute atomic E-state index is 6.06. The van der Waals surface area contributed by atoms with Crippen molar-refractivity contribution in [3.05, 3.63) is 35.5 Å². The van der Waals surface area contributed by atoms with Crippen LogP contribution in [0.5, 0.6) is 5.75 Å². The van der Waals surface area contributed by atoms with Crippen molar-refractivity contribution in [2.24, 2.45) is 0 Å². The van der Waals surface area contributed by atoms with Crippen molar-refractivity contribution < 1.29 is 4.74 Å². The number of aromatic nitrogens is 1. The molecular formula is C15H17ClN2O. The molecule has 19 heavy (non-hydrogen) atoms. The van der Waals surface area contributed by atoms with Gasteiger partial charge in [0.15, 0.2) is 0 Å². The van der Waals surface area contributed by atoms with E-state index >= 15 is 0 Å². The molecular weight excluding hydrogens is 260 g/mol. The molecule has 2 heterocycles. The fourth-order valence-corrected chi connectivity index (χ4v) is 2.51. The van der Waals surface area contributed by atoms with E-state index in [4.69, 9.17) is 16.3 Å². The van der Waals surface area contributed by atoms with Crippen LogP contribution in [0.2, 0.25) is 5.02 Å². The minimum atomic E-state index is 0.270. The minimum Gasteiger partial charge on any atom is -0.487 e. The number of hydrogen-bond donors (Lipinski definition) is 0. The summed E-state index contributed by atoms with van der Waals surface area (Å²) in [6.45, 7) is 6.39. The molecule has 0 spiro atoms. The maximum atomic E-state index is 6.06. The molecule has 0 unspecified atom stereocenters. The average Bonchev–Trinajstić information content (AvgIpc) is 2.33.